The van der Waals surface area contributed by atoms with Crippen molar-refractivity contribution in [1.29, 1.82) is 0 Å². The largest absolute Gasteiger partial charge is 0.493 e. The zero-order chi connectivity index (χ0) is 18.4. The van der Waals surface area contributed by atoms with Gasteiger partial charge in [0.05, 0.1) is 19.6 Å². The second kappa shape index (κ2) is 8.03. The molecule has 25 heavy (non-hydrogen) atoms. The Labute approximate surface area is 148 Å². The number of hydrogen-bond acceptors (Lipinski definition) is 5. The minimum Gasteiger partial charge on any atom is -0.493 e. The fraction of sp³-hybridized carbons (Fsp3) is 0.350. The van der Waals surface area contributed by atoms with Crippen molar-refractivity contribution in [3.63, 3.8) is 0 Å². The average molecular weight is 343 g/mol. The zero-order valence-electron chi connectivity index (χ0n) is 15.1. The molecule has 0 amide bonds. The van der Waals surface area contributed by atoms with Crippen LogP contribution in [0.25, 0.3) is 0 Å². The smallest absolute Gasteiger partial charge is 0.313 e. The van der Waals surface area contributed by atoms with Crippen LogP contribution in [0.4, 0.5) is 0 Å². The number of methoxy groups -OCH3 is 2. The average Bonchev–Trinajstić information content (AvgIpc) is 2.65. The van der Waals surface area contributed by atoms with E-state index in [0.29, 0.717) is 18.1 Å². The minimum absolute atomic E-state index is 0.359. The van der Waals surface area contributed by atoms with Gasteiger partial charge in [0.1, 0.15) is 6.61 Å². The molecule has 0 saturated carbocycles. The van der Waals surface area contributed by atoms with Crippen molar-refractivity contribution in [3.8, 4) is 11.5 Å². The van der Waals surface area contributed by atoms with Crippen molar-refractivity contribution < 1.29 is 19.0 Å². The third kappa shape index (κ3) is 4.31. The van der Waals surface area contributed by atoms with E-state index >= 15 is 0 Å². The summed E-state index contributed by atoms with van der Waals surface area (Å²) in [5.41, 5.74) is 7.29. The molecule has 0 radical (unpaired) electrons. The molecule has 0 fully saturated rings. The van der Waals surface area contributed by atoms with Gasteiger partial charge in [0.25, 0.3) is 0 Å². The standard InChI is InChI=1S/C20H25NO4/c1-20(2,19(22)24-4)18(21)15-10-11-16(23-3)17(12-15)25-13-14-8-6-5-7-9-14/h5-12,18H,13,21H2,1-4H3/t18-/m1/s1. The summed E-state index contributed by atoms with van der Waals surface area (Å²) in [6.45, 7) is 3.94. The second-order valence-electron chi connectivity index (χ2n) is 6.38. The van der Waals surface area contributed by atoms with E-state index in [-0.39, 0.29) is 5.97 Å². The van der Waals surface area contributed by atoms with Crippen molar-refractivity contribution in [2.45, 2.75) is 26.5 Å². The Morgan fingerprint density at radius 2 is 1.76 bits per heavy atom. The van der Waals surface area contributed by atoms with Gasteiger partial charge in [-0.2, -0.15) is 0 Å². The van der Waals surface area contributed by atoms with Gasteiger partial charge in [0.2, 0.25) is 0 Å². The van der Waals surface area contributed by atoms with E-state index < -0.39 is 11.5 Å². The summed E-state index contributed by atoms with van der Waals surface area (Å²) < 4.78 is 16.1. The second-order valence-corrected chi connectivity index (χ2v) is 6.38. The first-order valence-corrected chi connectivity index (χ1v) is 8.08. The molecule has 0 aliphatic carbocycles. The molecular formula is C20H25NO4. The zero-order valence-corrected chi connectivity index (χ0v) is 15.1. The number of ether oxygens (including phenoxy) is 3. The van der Waals surface area contributed by atoms with Gasteiger partial charge in [-0.1, -0.05) is 36.4 Å². The molecule has 0 aromatic heterocycles. The monoisotopic (exact) mass is 343 g/mol. The molecule has 0 aliphatic rings. The Hall–Kier alpha value is -2.53. The highest BCUT2D eigenvalue weighted by Gasteiger charge is 2.37. The van der Waals surface area contributed by atoms with Gasteiger partial charge in [-0.05, 0) is 37.1 Å². The maximum atomic E-state index is 12.0. The molecular weight excluding hydrogens is 318 g/mol. The van der Waals surface area contributed by atoms with Gasteiger partial charge in [-0.25, -0.2) is 0 Å². The van der Waals surface area contributed by atoms with Crippen LogP contribution >= 0.6 is 0 Å². The first kappa shape index (κ1) is 18.8. The van der Waals surface area contributed by atoms with Crippen molar-refractivity contribution >= 4 is 5.97 Å². The number of benzene rings is 2. The Balaban J connectivity index is 2.25. The molecule has 2 N–H and O–H groups in total. The summed E-state index contributed by atoms with van der Waals surface area (Å²) in [6.07, 6.45) is 0. The number of carbonyl (C=O) groups is 1. The summed E-state index contributed by atoms with van der Waals surface area (Å²) in [5, 5.41) is 0. The number of esters is 1. The molecule has 2 rings (SSSR count). The van der Waals surface area contributed by atoms with E-state index in [0.717, 1.165) is 11.1 Å². The van der Waals surface area contributed by atoms with Crippen LogP contribution in [0, 0.1) is 5.41 Å². The van der Waals surface area contributed by atoms with Gasteiger partial charge in [-0.3, -0.25) is 4.79 Å². The first-order valence-electron chi connectivity index (χ1n) is 8.08. The van der Waals surface area contributed by atoms with Gasteiger partial charge in [0, 0.05) is 6.04 Å². The molecule has 2 aromatic carbocycles. The van der Waals surface area contributed by atoms with Crippen LogP contribution in [-0.2, 0) is 16.1 Å². The topological polar surface area (TPSA) is 70.8 Å². The van der Waals surface area contributed by atoms with Crippen LogP contribution in [0.2, 0.25) is 0 Å². The van der Waals surface area contributed by atoms with E-state index in [2.05, 4.69) is 0 Å². The molecule has 0 bridgehead atoms. The Bertz CT molecular complexity index is 713. The van der Waals surface area contributed by atoms with Crippen LogP contribution in [0.15, 0.2) is 48.5 Å². The van der Waals surface area contributed by atoms with E-state index in [1.54, 1.807) is 27.0 Å². The van der Waals surface area contributed by atoms with Crippen molar-refractivity contribution in [2.24, 2.45) is 11.1 Å². The van der Waals surface area contributed by atoms with Crippen LogP contribution in [0.5, 0.6) is 11.5 Å². The number of nitrogens with two attached hydrogens (primary N) is 1. The van der Waals surface area contributed by atoms with Crippen molar-refractivity contribution in [1.82, 2.24) is 0 Å². The number of carbonyl (C=O) groups excluding carboxylic acids is 1. The third-order valence-electron chi connectivity index (χ3n) is 4.27. The lowest BCUT2D eigenvalue weighted by Gasteiger charge is -2.29. The normalized spacial score (nSPS) is 12.4. The van der Waals surface area contributed by atoms with Gasteiger partial charge >= 0.3 is 5.97 Å². The molecule has 0 heterocycles. The molecule has 0 aliphatic heterocycles. The summed E-state index contributed by atoms with van der Waals surface area (Å²) in [5.74, 6) is 0.838. The maximum absolute atomic E-state index is 12.0. The Morgan fingerprint density at radius 1 is 1.08 bits per heavy atom. The molecule has 5 heteroatoms. The van der Waals surface area contributed by atoms with Crippen molar-refractivity contribution in [3.05, 3.63) is 59.7 Å². The number of hydrogen-bond donors (Lipinski definition) is 1. The van der Waals surface area contributed by atoms with Crippen LogP contribution in [-0.4, -0.2) is 20.2 Å². The van der Waals surface area contributed by atoms with Crippen LogP contribution < -0.4 is 15.2 Å². The maximum Gasteiger partial charge on any atom is 0.313 e. The minimum atomic E-state index is -0.861. The Kier molecular flexibility index (Phi) is 6.04. The Morgan fingerprint density at radius 3 is 2.36 bits per heavy atom. The summed E-state index contributed by atoms with van der Waals surface area (Å²) in [6, 6.07) is 14.8. The van der Waals surface area contributed by atoms with Crippen molar-refractivity contribution in [2.75, 3.05) is 14.2 Å². The quantitative estimate of drug-likeness (QED) is 0.780. The molecule has 0 saturated heterocycles. The van der Waals surface area contributed by atoms with Gasteiger partial charge < -0.3 is 19.9 Å². The van der Waals surface area contributed by atoms with Gasteiger partial charge in [0.15, 0.2) is 11.5 Å². The highest BCUT2D eigenvalue weighted by Crippen LogP contribution is 2.37. The molecule has 0 unspecified atom stereocenters. The highest BCUT2D eigenvalue weighted by molar-refractivity contribution is 5.77. The predicted octanol–water partition coefficient (Wildman–Crippen LogP) is 3.47. The summed E-state index contributed by atoms with van der Waals surface area (Å²) in [4.78, 5) is 12.0. The fourth-order valence-corrected chi connectivity index (χ4v) is 2.54. The molecule has 134 valence electrons. The number of rotatable bonds is 7. The third-order valence-corrected chi connectivity index (χ3v) is 4.27. The van der Waals surface area contributed by atoms with Gasteiger partial charge in [-0.15, -0.1) is 0 Å². The first-order chi connectivity index (χ1) is 11.9. The SMILES string of the molecule is COC(=O)C(C)(C)[C@H](N)c1ccc(OC)c(OCc2ccccc2)c1. The molecule has 2 aromatic rings. The molecule has 5 nitrogen and oxygen atoms in total. The molecule has 0 spiro atoms. The van der Waals surface area contributed by atoms with E-state index in [9.17, 15) is 4.79 Å². The van der Waals surface area contributed by atoms with Crippen LogP contribution in [0.1, 0.15) is 31.0 Å². The van der Waals surface area contributed by atoms with E-state index in [1.165, 1.54) is 7.11 Å². The lowest BCUT2D eigenvalue weighted by Crippen LogP contribution is -2.37. The summed E-state index contributed by atoms with van der Waals surface area (Å²) in [7, 11) is 2.95. The lowest BCUT2D eigenvalue weighted by molar-refractivity contribution is -0.152. The predicted molar refractivity (Wildman–Crippen MR) is 96.5 cm³/mol. The van der Waals surface area contributed by atoms with Crippen LogP contribution in [0.3, 0.4) is 0 Å². The van der Waals surface area contributed by atoms with E-state index in [1.807, 2.05) is 42.5 Å². The highest BCUT2D eigenvalue weighted by atomic mass is 16.5. The lowest BCUT2D eigenvalue weighted by atomic mass is 9.81. The molecule has 1 atom stereocenters. The fourth-order valence-electron chi connectivity index (χ4n) is 2.54. The summed E-state index contributed by atoms with van der Waals surface area (Å²) >= 11 is 0. The van der Waals surface area contributed by atoms with E-state index in [4.69, 9.17) is 19.9 Å².